The van der Waals surface area contributed by atoms with Gasteiger partial charge in [0.25, 0.3) is 5.91 Å². The maximum atomic E-state index is 12.4. The summed E-state index contributed by atoms with van der Waals surface area (Å²) >= 11 is 6.24. The summed E-state index contributed by atoms with van der Waals surface area (Å²) in [6, 6.07) is 3.69. The highest BCUT2D eigenvalue weighted by Gasteiger charge is 2.25. The zero-order chi connectivity index (χ0) is 14.7. The van der Waals surface area contributed by atoms with Crippen LogP contribution in [0.4, 0.5) is 0 Å². The molecule has 0 bridgehead atoms. The minimum atomic E-state index is 0.0142. The predicted octanol–water partition coefficient (Wildman–Crippen LogP) is 3.11. The topological polar surface area (TPSA) is 41.1 Å². The molecule has 0 aromatic heterocycles. The third-order valence-corrected chi connectivity index (χ3v) is 4.24. The molecule has 1 aliphatic heterocycles. The number of amides is 1. The first-order valence-electron chi connectivity index (χ1n) is 7.28. The minimum absolute atomic E-state index is 0.0142. The van der Waals surface area contributed by atoms with Gasteiger partial charge in [-0.25, -0.2) is 0 Å². The summed E-state index contributed by atoms with van der Waals surface area (Å²) in [7, 11) is 0. The van der Waals surface area contributed by atoms with Crippen molar-refractivity contribution >= 4 is 17.5 Å². The molecule has 20 heavy (non-hydrogen) atoms. The summed E-state index contributed by atoms with van der Waals surface area (Å²) < 4.78 is 0. The Kier molecular flexibility index (Phi) is 5.06. The maximum Gasteiger partial charge on any atom is 0.251 e. The second-order valence-electron chi connectivity index (χ2n) is 5.93. The lowest BCUT2D eigenvalue weighted by Crippen LogP contribution is -2.29. The molecule has 1 atom stereocenters. The number of benzene rings is 1. The van der Waals surface area contributed by atoms with Gasteiger partial charge in [-0.1, -0.05) is 25.4 Å². The van der Waals surface area contributed by atoms with Gasteiger partial charge in [0.2, 0.25) is 0 Å². The van der Waals surface area contributed by atoms with Crippen LogP contribution in [0.25, 0.3) is 0 Å². The average Bonchev–Trinajstić information content (AvgIpc) is 2.92. The zero-order valence-electron chi connectivity index (χ0n) is 12.4. The Balaban J connectivity index is 2.31. The van der Waals surface area contributed by atoms with Crippen LogP contribution in [0.2, 0.25) is 5.02 Å². The number of halogens is 1. The zero-order valence-corrected chi connectivity index (χ0v) is 13.2. The Bertz CT molecular complexity index is 493. The molecule has 1 fully saturated rings. The van der Waals surface area contributed by atoms with E-state index >= 15 is 0 Å². The van der Waals surface area contributed by atoms with Crippen LogP contribution in [-0.2, 0) is 0 Å². The Morgan fingerprint density at radius 2 is 2.25 bits per heavy atom. The molecule has 4 heteroatoms. The molecule has 1 saturated heterocycles. The van der Waals surface area contributed by atoms with Gasteiger partial charge in [-0.3, -0.25) is 4.79 Å². The molecule has 2 rings (SSSR count). The molecule has 0 saturated carbocycles. The maximum absolute atomic E-state index is 12.4. The summed E-state index contributed by atoms with van der Waals surface area (Å²) in [5.74, 6) is 0.845. The minimum Gasteiger partial charge on any atom is -0.352 e. The van der Waals surface area contributed by atoms with Crippen LogP contribution >= 0.6 is 11.6 Å². The smallest absolute Gasteiger partial charge is 0.251 e. The van der Waals surface area contributed by atoms with Crippen LogP contribution in [0.1, 0.15) is 47.7 Å². The summed E-state index contributed by atoms with van der Waals surface area (Å²) in [6.07, 6.45) is 1.06. The van der Waals surface area contributed by atoms with E-state index in [9.17, 15) is 4.79 Å². The standard InChI is InChI=1S/C16H23ClN2O/c1-10(2)8-19-16(20)13-4-5-14(17)11(3)15(13)12-6-7-18-9-12/h4-5,10,12,18H,6-9H2,1-3H3,(H,19,20). The van der Waals surface area contributed by atoms with Gasteiger partial charge in [-0.15, -0.1) is 0 Å². The summed E-state index contributed by atoms with van der Waals surface area (Å²) in [6.45, 7) is 8.82. The van der Waals surface area contributed by atoms with Crippen molar-refractivity contribution in [2.75, 3.05) is 19.6 Å². The highest BCUT2D eigenvalue weighted by atomic mass is 35.5. The quantitative estimate of drug-likeness (QED) is 0.896. The summed E-state index contributed by atoms with van der Waals surface area (Å²) in [4.78, 5) is 12.4. The normalized spacial score (nSPS) is 18.6. The fraction of sp³-hybridized carbons (Fsp3) is 0.562. The molecule has 2 N–H and O–H groups in total. The molecule has 1 aromatic rings. The number of nitrogens with one attached hydrogen (secondary N) is 2. The lowest BCUT2D eigenvalue weighted by atomic mass is 9.89. The number of carbonyl (C=O) groups is 1. The molecule has 0 spiro atoms. The molecule has 110 valence electrons. The van der Waals surface area contributed by atoms with Crippen LogP contribution in [0.5, 0.6) is 0 Å². The van der Waals surface area contributed by atoms with Crippen molar-refractivity contribution in [3.8, 4) is 0 Å². The van der Waals surface area contributed by atoms with E-state index in [1.54, 1.807) is 0 Å². The van der Waals surface area contributed by atoms with Gasteiger partial charge in [0, 0.05) is 23.7 Å². The molecule has 1 heterocycles. The number of hydrogen-bond acceptors (Lipinski definition) is 2. The van der Waals surface area contributed by atoms with Crippen LogP contribution < -0.4 is 10.6 Å². The lowest BCUT2D eigenvalue weighted by molar-refractivity contribution is 0.0947. The molecule has 0 aliphatic carbocycles. The van der Waals surface area contributed by atoms with Crippen molar-refractivity contribution < 1.29 is 4.79 Å². The van der Waals surface area contributed by atoms with E-state index in [4.69, 9.17) is 11.6 Å². The number of carbonyl (C=O) groups excluding carboxylic acids is 1. The average molecular weight is 295 g/mol. The first kappa shape index (κ1) is 15.3. The van der Waals surface area contributed by atoms with Gasteiger partial charge in [-0.2, -0.15) is 0 Å². The third kappa shape index (κ3) is 3.33. The van der Waals surface area contributed by atoms with E-state index < -0.39 is 0 Å². The monoisotopic (exact) mass is 294 g/mol. The van der Waals surface area contributed by atoms with Crippen LogP contribution in [-0.4, -0.2) is 25.5 Å². The Morgan fingerprint density at radius 1 is 1.50 bits per heavy atom. The molecule has 1 aliphatic rings. The molecule has 3 nitrogen and oxygen atoms in total. The fourth-order valence-corrected chi connectivity index (χ4v) is 2.88. The summed E-state index contributed by atoms with van der Waals surface area (Å²) in [5, 5.41) is 7.11. The second-order valence-corrected chi connectivity index (χ2v) is 6.33. The van der Waals surface area contributed by atoms with E-state index in [2.05, 4.69) is 24.5 Å². The van der Waals surface area contributed by atoms with Crippen molar-refractivity contribution in [3.05, 3.63) is 33.8 Å². The van der Waals surface area contributed by atoms with E-state index in [1.807, 2.05) is 19.1 Å². The first-order valence-corrected chi connectivity index (χ1v) is 7.66. The SMILES string of the molecule is Cc1c(Cl)ccc(C(=O)NCC(C)C)c1C1CCNC1. The molecular formula is C16H23ClN2O. The van der Waals surface area contributed by atoms with Crippen molar-refractivity contribution in [2.45, 2.75) is 33.1 Å². The molecule has 0 radical (unpaired) electrons. The van der Waals surface area contributed by atoms with Gasteiger partial charge >= 0.3 is 0 Å². The van der Waals surface area contributed by atoms with Gasteiger partial charge in [0.1, 0.15) is 0 Å². The molecule has 1 aromatic carbocycles. The Hall–Kier alpha value is -1.06. The first-order chi connectivity index (χ1) is 9.50. The second kappa shape index (κ2) is 6.59. The number of rotatable bonds is 4. The van der Waals surface area contributed by atoms with Crippen molar-refractivity contribution in [1.82, 2.24) is 10.6 Å². The largest absolute Gasteiger partial charge is 0.352 e. The third-order valence-electron chi connectivity index (χ3n) is 3.83. The van der Waals surface area contributed by atoms with Crippen molar-refractivity contribution in [2.24, 2.45) is 5.92 Å². The number of hydrogen-bond donors (Lipinski definition) is 2. The van der Waals surface area contributed by atoms with Gasteiger partial charge in [0.15, 0.2) is 0 Å². The van der Waals surface area contributed by atoms with Gasteiger partial charge in [-0.05, 0) is 55.0 Å². The predicted molar refractivity (Wildman–Crippen MR) is 83.6 cm³/mol. The lowest BCUT2D eigenvalue weighted by Gasteiger charge is -2.19. The highest BCUT2D eigenvalue weighted by Crippen LogP contribution is 2.32. The van der Waals surface area contributed by atoms with E-state index in [0.717, 1.165) is 41.2 Å². The van der Waals surface area contributed by atoms with Gasteiger partial charge in [0.05, 0.1) is 0 Å². The van der Waals surface area contributed by atoms with Gasteiger partial charge < -0.3 is 10.6 Å². The Morgan fingerprint density at radius 3 is 2.85 bits per heavy atom. The van der Waals surface area contributed by atoms with Crippen molar-refractivity contribution in [3.63, 3.8) is 0 Å². The van der Waals surface area contributed by atoms with E-state index in [1.165, 1.54) is 0 Å². The molecular weight excluding hydrogens is 272 g/mol. The van der Waals surface area contributed by atoms with Crippen LogP contribution in [0.3, 0.4) is 0 Å². The van der Waals surface area contributed by atoms with E-state index in [-0.39, 0.29) is 5.91 Å². The Labute approximate surface area is 126 Å². The fourth-order valence-electron chi connectivity index (χ4n) is 2.72. The molecule has 1 unspecified atom stereocenters. The van der Waals surface area contributed by atoms with Crippen LogP contribution in [0, 0.1) is 12.8 Å². The van der Waals surface area contributed by atoms with Crippen molar-refractivity contribution in [1.29, 1.82) is 0 Å². The molecule has 1 amide bonds. The van der Waals surface area contributed by atoms with E-state index in [0.29, 0.717) is 18.4 Å². The summed E-state index contributed by atoms with van der Waals surface area (Å²) in [5.41, 5.74) is 2.93. The highest BCUT2D eigenvalue weighted by molar-refractivity contribution is 6.31. The van der Waals surface area contributed by atoms with Crippen LogP contribution in [0.15, 0.2) is 12.1 Å².